The molecule has 44 heavy (non-hydrogen) atoms. The summed E-state index contributed by atoms with van der Waals surface area (Å²) in [4.78, 5) is 45.6. The van der Waals surface area contributed by atoms with Gasteiger partial charge in [0.1, 0.15) is 0 Å². The summed E-state index contributed by atoms with van der Waals surface area (Å²) < 4.78 is 1.46. The molecule has 0 unspecified atom stereocenters. The number of carbonyl (C=O) groups excluding carboxylic acids is 2. The molecule has 2 amide bonds. The quantitative estimate of drug-likeness (QED) is 0.235. The van der Waals surface area contributed by atoms with E-state index in [9.17, 15) is 14.4 Å². The Morgan fingerprint density at radius 3 is 2.36 bits per heavy atom. The standard InChI is InChI=1S/C34H38N6O3S/c1-21-25(7-6-8-28(21)38-31(41)22-9-11-23(12-10-22)34(2,3)4)29-20-39(5)33(43)30(37-29)36-24-13-14-26(27(35)19-24)32(42)40-15-17-44-18-16-40/h6-14,19-20H,15-18,35H2,1-5H3,(H,36,37)(H,38,41). The highest BCUT2D eigenvalue weighted by molar-refractivity contribution is 7.99. The van der Waals surface area contributed by atoms with Crippen LogP contribution in [0, 0.1) is 6.92 Å². The zero-order chi connectivity index (χ0) is 31.6. The van der Waals surface area contributed by atoms with Gasteiger partial charge in [0, 0.05) is 66.0 Å². The van der Waals surface area contributed by atoms with Crippen LogP contribution in [0.15, 0.2) is 71.7 Å². The van der Waals surface area contributed by atoms with Gasteiger partial charge < -0.3 is 25.8 Å². The van der Waals surface area contributed by atoms with Crippen molar-refractivity contribution in [3.05, 3.63) is 99.5 Å². The minimum absolute atomic E-state index is 0.00225. The van der Waals surface area contributed by atoms with Gasteiger partial charge in [-0.05, 0) is 59.9 Å². The number of hydrogen-bond donors (Lipinski definition) is 3. The van der Waals surface area contributed by atoms with Crippen molar-refractivity contribution in [2.24, 2.45) is 7.05 Å². The maximum atomic E-state index is 13.1. The Bertz CT molecular complexity index is 1770. The largest absolute Gasteiger partial charge is 0.398 e. The van der Waals surface area contributed by atoms with Gasteiger partial charge in [0.2, 0.25) is 0 Å². The molecule has 10 heteroatoms. The van der Waals surface area contributed by atoms with Crippen LogP contribution >= 0.6 is 11.8 Å². The number of aryl methyl sites for hydroxylation is 1. The number of amides is 2. The number of nitrogens with two attached hydrogens (primary N) is 1. The van der Waals surface area contributed by atoms with Crippen molar-refractivity contribution in [2.75, 3.05) is 41.0 Å². The number of rotatable bonds is 6. The first kappa shape index (κ1) is 30.9. The van der Waals surface area contributed by atoms with Crippen molar-refractivity contribution >= 4 is 46.5 Å². The van der Waals surface area contributed by atoms with Crippen molar-refractivity contribution in [1.82, 2.24) is 14.5 Å². The molecule has 1 aliphatic rings. The van der Waals surface area contributed by atoms with Crippen LogP contribution in [0.1, 0.15) is 52.6 Å². The number of nitrogens with zero attached hydrogens (tertiary/aromatic N) is 3. The van der Waals surface area contributed by atoms with Crippen LogP contribution in [-0.4, -0.2) is 50.9 Å². The Balaban J connectivity index is 1.38. The summed E-state index contributed by atoms with van der Waals surface area (Å²) >= 11 is 1.83. The van der Waals surface area contributed by atoms with Crippen molar-refractivity contribution in [1.29, 1.82) is 0 Å². The highest BCUT2D eigenvalue weighted by Gasteiger charge is 2.21. The molecule has 0 atom stereocenters. The number of carbonyl (C=O) groups is 2. The van der Waals surface area contributed by atoms with Gasteiger partial charge in [0.05, 0.1) is 11.3 Å². The monoisotopic (exact) mass is 610 g/mol. The third-order valence-electron chi connectivity index (χ3n) is 7.79. The first-order valence-corrected chi connectivity index (χ1v) is 15.7. The topological polar surface area (TPSA) is 122 Å². The van der Waals surface area contributed by atoms with Crippen LogP contribution in [0.3, 0.4) is 0 Å². The van der Waals surface area contributed by atoms with Crippen LogP contribution in [-0.2, 0) is 12.5 Å². The summed E-state index contributed by atoms with van der Waals surface area (Å²) in [5, 5.41) is 6.11. The molecule has 1 fully saturated rings. The fourth-order valence-corrected chi connectivity index (χ4v) is 5.99. The van der Waals surface area contributed by atoms with Crippen LogP contribution < -0.4 is 21.9 Å². The summed E-state index contributed by atoms with van der Waals surface area (Å²) in [5.41, 5.74) is 11.8. The van der Waals surface area contributed by atoms with E-state index in [2.05, 4.69) is 36.4 Å². The van der Waals surface area contributed by atoms with Gasteiger partial charge in [-0.2, -0.15) is 11.8 Å². The van der Waals surface area contributed by atoms with Gasteiger partial charge in [-0.3, -0.25) is 14.4 Å². The highest BCUT2D eigenvalue weighted by Crippen LogP contribution is 2.29. The maximum Gasteiger partial charge on any atom is 0.293 e. The van der Waals surface area contributed by atoms with Crippen LogP contribution in [0.5, 0.6) is 0 Å². The molecule has 3 aromatic carbocycles. The van der Waals surface area contributed by atoms with Gasteiger partial charge in [-0.1, -0.05) is 45.0 Å². The van der Waals surface area contributed by atoms with Crippen molar-refractivity contribution in [3.63, 3.8) is 0 Å². The Morgan fingerprint density at radius 1 is 1.00 bits per heavy atom. The lowest BCUT2D eigenvalue weighted by atomic mass is 9.86. The molecule has 9 nitrogen and oxygen atoms in total. The maximum absolute atomic E-state index is 13.1. The molecule has 228 valence electrons. The van der Waals surface area contributed by atoms with Crippen molar-refractivity contribution < 1.29 is 9.59 Å². The van der Waals surface area contributed by atoms with Gasteiger partial charge in [-0.15, -0.1) is 0 Å². The fraction of sp³-hybridized carbons (Fsp3) is 0.294. The number of thioether (sulfide) groups is 1. The number of hydrogen-bond acceptors (Lipinski definition) is 7. The summed E-state index contributed by atoms with van der Waals surface area (Å²) in [7, 11) is 1.66. The Hall–Kier alpha value is -4.57. The first-order valence-electron chi connectivity index (χ1n) is 14.6. The molecule has 0 aliphatic carbocycles. The molecular formula is C34H38N6O3S. The predicted octanol–water partition coefficient (Wildman–Crippen LogP) is 5.82. The average molecular weight is 611 g/mol. The first-order chi connectivity index (χ1) is 20.9. The van der Waals surface area contributed by atoms with Gasteiger partial charge >= 0.3 is 0 Å². The van der Waals surface area contributed by atoms with Crippen molar-refractivity contribution in [2.45, 2.75) is 33.1 Å². The van der Waals surface area contributed by atoms with Crippen LogP contribution in [0.4, 0.5) is 22.9 Å². The molecule has 0 radical (unpaired) electrons. The van der Waals surface area contributed by atoms with E-state index in [-0.39, 0.29) is 28.6 Å². The minimum atomic E-state index is -0.320. The number of benzene rings is 3. The molecule has 0 bridgehead atoms. The molecule has 5 rings (SSSR count). The van der Waals surface area contributed by atoms with E-state index in [0.29, 0.717) is 47.0 Å². The summed E-state index contributed by atoms with van der Waals surface area (Å²) in [6, 6.07) is 18.3. The molecule has 0 saturated carbocycles. The van der Waals surface area contributed by atoms with E-state index < -0.39 is 0 Å². The normalized spacial score (nSPS) is 13.4. The smallest absolute Gasteiger partial charge is 0.293 e. The number of aromatic nitrogens is 2. The zero-order valence-electron chi connectivity index (χ0n) is 25.7. The third-order valence-corrected chi connectivity index (χ3v) is 8.73. The summed E-state index contributed by atoms with van der Waals surface area (Å²) in [6.45, 7) is 9.71. The van der Waals surface area contributed by atoms with Gasteiger partial charge in [0.25, 0.3) is 17.4 Å². The Morgan fingerprint density at radius 2 is 1.70 bits per heavy atom. The van der Waals surface area contributed by atoms with Gasteiger partial charge in [-0.25, -0.2) is 4.98 Å². The van der Waals surface area contributed by atoms with Crippen LogP contribution in [0.25, 0.3) is 11.3 Å². The molecule has 1 saturated heterocycles. The van der Waals surface area contributed by atoms with E-state index in [0.717, 1.165) is 28.2 Å². The third kappa shape index (κ3) is 6.65. The molecular weight excluding hydrogens is 572 g/mol. The highest BCUT2D eigenvalue weighted by atomic mass is 32.2. The summed E-state index contributed by atoms with van der Waals surface area (Å²) in [5.74, 6) is 1.65. The SMILES string of the molecule is Cc1c(NC(=O)c2ccc(C(C)(C)C)cc2)cccc1-c1cn(C)c(=O)c(Nc2ccc(C(=O)N3CCSCC3)c(N)c2)n1. The molecule has 0 spiro atoms. The lowest BCUT2D eigenvalue weighted by Crippen LogP contribution is -2.38. The average Bonchev–Trinajstić information content (AvgIpc) is 3.00. The molecule has 4 N–H and O–H groups in total. The van der Waals surface area contributed by atoms with Crippen molar-refractivity contribution in [3.8, 4) is 11.3 Å². The minimum Gasteiger partial charge on any atom is -0.398 e. The number of nitrogens with one attached hydrogen (secondary N) is 2. The lowest BCUT2D eigenvalue weighted by Gasteiger charge is -2.27. The number of anilines is 4. The van der Waals surface area contributed by atoms with Gasteiger partial charge in [0.15, 0.2) is 5.82 Å². The molecule has 2 heterocycles. The van der Waals surface area contributed by atoms with E-state index in [1.165, 1.54) is 4.57 Å². The second kappa shape index (κ2) is 12.6. The van der Waals surface area contributed by atoms with E-state index in [4.69, 9.17) is 5.73 Å². The second-order valence-electron chi connectivity index (χ2n) is 12.0. The van der Waals surface area contributed by atoms with E-state index in [1.54, 1.807) is 31.4 Å². The Kier molecular flexibility index (Phi) is 8.82. The lowest BCUT2D eigenvalue weighted by molar-refractivity contribution is 0.0773. The zero-order valence-corrected chi connectivity index (χ0v) is 26.5. The Labute approximate surface area is 261 Å². The number of nitrogen functional groups attached to an aromatic ring is 1. The molecule has 4 aromatic rings. The predicted molar refractivity (Wildman–Crippen MR) is 180 cm³/mol. The molecule has 1 aliphatic heterocycles. The second-order valence-corrected chi connectivity index (χ2v) is 13.2. The van der Waals surface area contributed by atoms with E-state index >= 15 is 0 Å². The molecule has 1 aromatic heterocycles. The summed E-state index contributed by atoms with van der Waals surface area (Å²) in [6.07, 6.45) is 1.67. The van der Waals surface area contributed by atoms with Crippen LogP contribution in [0.2, 0.25) is 0 Å². The van der Waals surface area contributed by atoms with E-state index in [1.807, 2.05) is 66.1 Å². The fourth-order valence-electron chi connectivity index (χ4n) is 5.09.